The third-order valence-electron chi connectivity index (χ3n) is 2.01. The first-order valence-electron chi connectivity index (χ1n) is 3.98. The first-order chi connectivity index (χ1) is 5.13. The Labute approximate surface area is 66.8 Å². The van der Waals surface area contributed by atoms with Crippen LogP contribution in [0.3, 0.4) is 0 Å². The van der Waals surface area contributed by atoms with Crippen LogP contribution >= 0.6 is 0 Å². The summed E-state index contributed by atoms with van der Waals surface area (Å²) < 4.78 is 0. The molecule has 0 aromatic heterocycles. The van der Waals surface area contributed by atoms with Crippen LogP contribution in [0.1, 0.15) is 13.8 Å². The molecular weight excluding hydrogens is 144 g/mol. The van der Waals surface area contributed by atoms with Crippen molar-refractivity contribution in [3.63, 3.8) is 0 Å². The monoisotopic (exact) mass is 160 g/mol. The van der Waals surface area contributed by atoms with E-state index < -0.39 is 12.5 Å². The Morgan fingerprint density at radius 2 is 2.09 bits per heavy atom. The number of hydrogen-bond acceptors (Lipinski definition) is 4. The maximum Gasteiger partial charge on any atom is 0.147 e. The van der Waals surface area contributed by atoms with Crippen molar-refractivity contribution in [3.8, 4) is 0 Å². The summed E-state index contributed by atoms with van der Waals surface area (Å²) in [7, 11) is 0. The molecular formula is C7H16N2O2. The first-order valence-corrected chi connectivity index (χ1v) is 3.98. The number of aliphatic hydroxyl groups excluding tert-OH is 2. The van der Waals surface area contributed by atoms with E-state index in [1.165, 1.54) is 0 Å². The molecule has 2 atom stereocenters. The molecule has 0 spiro atoms. The molecule has 1 aliphatic heterocycles. The van der Waals surface area contributed by atoms with Crippen LogP contribution in [0.2, 0.25) is 0 Å². The van der Waals surface area contributed by atoms with Crippen molar-refractivity contribution in [2.45, 2.75) is 32.3 Å². The zero-order chi connectivity index (χ0) is 8.43. The fraction of sp³-hybridized carbons (Fsp3) is 1.00. The summed E-state index contributed by atoms with van der Waals surface area (Å²) in [6, 6.07) is 0.279. The largest absolute Gasteiger partial charge is 0.374 e. The molecule has 4 nitrogen and oxygen atoms in total. The predicted octanol–water partition coefficient (Wildman–Crippen LogP) is -1.06. The fourth-order valence-corrected chi connectivity index (χ4v) is 1.32. The van der Waals surface area contributed by atoms with E-state index in [1.54, 1.807) is 0 Å². The number of nitrogens with one attached hydrogen (secondary N) is 1. The quantitative estimate of drug-likeness (QED) is 0.457. The van der Waals surface area contributed by atoms with Gasteiger partial charge in [0.15, 0.2) is 0 Å². The zero-order valence-corrected chi connectivity index (χ0v) is 6.99. The van der Waals surface area contributed by atoms with Gasteiger partial charge in [0.1, 0.15) is 12.5 Å². The average molecular weight is 160 g/mol. The van der Waals surface area contributed by atoms with E-state index in [0.29, 0.717) is 0 Å². The third kappa shape index (κ3) is 1.90. The second-order valence-electron chi connectivity index (χ2n) is 3.14. The summed E-state index contributed by atoms with van der Waals surface area (Å²) in [5.74, 6) is 0. The summed E-state index contributed by atoms with van der Waals surface area (Å²) in [6.45, 7) is 5.52. The van der Waals surface area contributed by atoms with Gasteiger partial charge in [-0.15, -0.1) is 0 Å². The van der Waals surface area contributed by atoms with Crippen molar-refractivity contribution >= 4 is 0 Å². The molecule has 66 valence electrons. The standard InChI is InChI=1S/C7H16N2O2/c1-5(2)9-4-3-8-6(10)7(9)11/h5-8,10-11H,3-4H2,1-2H3. The first kappa shape index (κ1) is 8.93. The highest BCUT2D eigenvalue weighted by atomic mass is 16.4. The Morgan fingerprint density at radius 3 is 2.55 bits per heavy atom. The molecule has 11 heavy (non-hydrogen) atoms. The van der Waals surface area contributed by atoms with Gasteiger partial charge < -0.3 is 10.2 Å². The highest BCUT2D eigenvalue weighted by Crippen LogP contribution is 2.08. The molecule has 1 saturated heterocycles. The third-order valence-corrected chi connectivity index (χ3v) is 2.01. The molecule has 1 aliphatic rings. The van der Waals surface area contributed by atoms with Gasteiger partial charge in [-0.05, 0) is 13.8 Å². The number of hydrogen-bond donors (Lipinski definition) is 3. The topological polar surface area (TPSA) is 55.7 Å². The lowest BCUT2D eigenvalue weighted by Crippen LogP contribution is -2.59. The van der Waals surface area contributed by atoms with Gasteiger partial charge in [0, 0.05) is 19.1 Å². The normalized spacial score (nSPS) is 34.6. The van der Waals surface area contributed by atoms with Crippen molar-refractivity contribution < 1.29 is 10.2 Å². The lowest BCUT2D eigenvalue weighted by atomic mass is 10.2. The molecule has 0 radical (unpaired) electrons. The van der Waals surface area contributed by atoms with Gasteiger partial charge in [-0.3, -0.25) is 10.2 Å². The Balaban J connectivity index is 2.51. The van der Waals surface area contributed by atoms with Crippen LogP contribution < -0.4 is 5.32 Å². The van der Waals surface area contributed by atoms with Crippen LogP contribution in [0.5, 0.6) is 0 Å². The maximum atomic E-state index is 9.42. The summed E-state index contributed by atoms with van der Waals surface area (Å²) in [6.07, 6.45) is -1.56. The Bertz CT molecular complexity index is 130. The fourth-order valence-electron chi connectivity index (χ4n) is 1.32. The maximum absolute atomic E-state index is 9.42. The molecule has 0 amide bonds. The molecule has 0 aliphatic carbocycles. The van der Waals surface area contributed by atoms with Crippen LogP contribution in [0, 0.1) is 0 Å². The molecule has 0 aromatic carbocycles. The lowest BCUT2D eigenvalue weighted by molar-refractivity contribution is -0.127. The molecule has 2 unspecified atom stereocenters. The Kier molecular flexibility index (Phi) is 2.84. The summed E-state index contributed by atoms with van der Waals surface area (Å²) in [5.41, 5.74) is 0. The second-order valence-corrected chi connectivity index (χ2v) is 3.14. The molecule has 0 bridgehead atoms. The van der Waals surface area contributed by atoms with Gasteiger partial charge in [-0.1, -0.05) is 0 Å². The number of aliphatic hydroxyl groups is 2. The highest BCUT2D eigenvalue weighted by Gasteiger charge is 2.28. The van der Waals surface area contributed by atoms with Gasteiger partial charge in [0.25, 0.3) is 0 Å². The zero-order valence-electron chi connectivity index (χ0n) is 6.99. The number of piperazine rings is 1. The Hall–Kier alpha value is -0.160. The molecule has 1 rings (SSSR count). The summed E-state index contributed by atoms with van der Waals surface area (Å²) in [5, 5.41) is 21.4. The van der Waals surface area contributed by atoms with Crippen LogP contribution in [0.15, 0.2) is 0 Å². The van der Waals surface area contributed by atoms with Crippen LogP contribution in [-0.4, -0.2) is 46.7 Å². The van der Waals surface area contributed by atoms with E-state index in [0.717, 1.165) is 13.1 Å². The number of nitrogens with zero attached hydrogens (tertiary/aromatic N) is 1. The van der Waals surface area contributed by atoms with E-state index >= 15 is 0 Å². The minimum absolute atomic E-state index is 0.279. The van der Waals surface area contributed by atoms with Crippen LogP contribution in [-0.2, 0) is 0 Å². The second kappa shape index (κ2) is 3.49. The van der Waals surface area contributed by atoms with Crippen LogP contribution in [0.4, 0.5) is 0 Å². The van der Waals surface area contributed by atoms with Crippen molar-refractivity contribution in [1.82, 2.24) is 10.2 Å². The lowest BCUT2D eigenvalue weighted by Gasteiger charge is -2.38. The van der Waals surface area contributed by atoms with Gasteiger partial charge in [0.2, 0.25) is 0 Å². The molecule has 0 saturated carbocycles. The summed E-state index contributed by atoms with van der Waals surface area (Å²) in [4.78, 5) is 1.86. The van der Waals surface area contributed by atoms with Crippen molar-refractivity contribution in [3.05, 3.63) is 0 Å². The van der Waals surface area contributed by atoms with Gasteiger partial charge in [0.05, 0.1) is 0 Å². The Morgan fingerprint density at radius 1 is 1.45 bits per heavy atom. The number of rotatable bonds is 1. The van der Waals surface area contributed by atoms with Crippen molar-refractivity contribution in [2.75, 3.05) is 13.1 Å². The molecule has 0 aromatic rings. The van der Waals surface area contributed by atoms with E-state index in [4.69, 9.17) is 0 Å². The molecule has 1 fully saturated rings. The van der Waals surface area contributed by atoms with Crippen molar-refractivity contribution in [2.24, 2.45) is 0 Å². The smallest absolute Gasteiger partial charge is 0.147 e. The van der Waals surface area contributed by atoms with E-state index in [2.05, 4.69) is 5.32 Å². The SMILES string of the molecule is CC(C)N1CCNC(O)C1O. The van der Waals surface area contributed by atoms with Gasteiger partial charge >= 0.3 is 0 Å². The van der Waals surface area contributed by atoms with Crippen molar-refractivity contribution in [1.29, 1.82) is 0 Å². The minimum atomic E-state index is -0.800. The van der Waals surface area contributed by atoms with Gasteiger partial charge in [-0.2, -0.15) is 0 Å². The highest BCUT2D eigenvalue weighted by molar-refractivity contribution is 4.77. The summed E-state index contributed by atoms with van der Waals surface area (Å²) >= 11 is 0. The van der Waals surface area contributed by atoms with E-state index in [9.17, 15) is 10.2 Å². The molecule has 4 heteroatoms. The minimum Gasteiger partial charge on any atom is -0.374 e. The van der Waals surface area contributed by atoms with E-state index in [-0.39, 0.29) is 6.04 Å². The average Bonchev–Trinajstić information content (AvgIpc) is 1.94. The molecule has 3 N–H and O–H groups in total. The van der Waals surface area contributed by atoms with Gasteiger partial charge in [-0.25, -0.2) is 0 Å². The predicted molar refractivity (Wildman–Crippen MR) is 41.9 cm³/mol. The van der Waals surface area contributed by atoms with Crippen LogP contribution in [0.25, 0.3) is 0 Å². The molecule has 1 heterocycles. The van der Waals surface area contributed by atoms with E-state index in [1.807, 2.05) is 18.7 Å².